The smallest absolute Gasteiger partial charge is 0.304 e. The summed E-state index contributed by atoms with van der Waals surface area (Å²) in [5.74, 6) is 0. The second-order valence-electron chi connectivity index (χ2n) is 2.39. The molecule has 0 spiro atoms. The van der Waals surface area contributed by atoms with E-state index in [4.69, 9.17) is 0 Å². The molecule has 0 saturated carbocycles. The maximum atomic E-state index is 12.3. The first-order chi connectivity index (χ1) is 6.05. The summed E-state index contributed by atoms with van der Waals surface area (Å²) in [6, 6.07) is -1.75. The summed E-state index contributed by atoms with van der Waals surface area (Å²) in [4.78, 5) is 7.14. The van der Waals surface area contributed by atoms with Crippen LogP contribution in [0.25, 0.3) is 0 Å². The first-order valence-corrected chi connectivity index (χ1v) is 3.55. The summed E-state index contributed by atoms with van der Waals surface area (Å²) in [6.07, 6.45) is -0.697. The summed E-state index contributed by atoms with van der Waals surface area (Å²) in [5.41, 5.74) is -0.127. The molecule has 0 fully saturated rings. The van der Waals surface area contributed by atoms with Gasteiger partial charge in [-0.05, 0) is 7.05 Å². The van der Waals surface area contributed by atoms with E-state index in [2.05, 4.69) is 15.3 Å². The molecule has 0 saturated heterocycles. The zero-order valence-corrected chi connectivity index (χ0v) is 6.84. The van der Waals surface area contributed by atoms with Crippen molar-refractivity contribution in [3.8, 4) is 0 Å². The van der Waals surface area contributed by atoms with Gasteiger partial charge in [-0.3, -0.25) is 9.97 Å². The maximum Gasteiger partial charge on any atom is 0.409 e. The van der Waals surface area contributed by atoms with Crippen LogP contribution in [0.4, 0.5) is 13.2 Å². The number of aromatic nitrogens is 2. The maximum absolute atomic E-state index is 12.3. The van der Waals surface area contributed by atoms with Crippen molar-refractivity contribution in [2.75, 3.05) is 7.05 Å². The van der Waals surface area contributed by atoms with E-state index in [1.54, 1.807) is 0 Å². The third-order valence-corrected chi connectivity index (χ3v) is 1.49. The van der Waals surface area contributed by atoms with Crippen molar-refractivity contribution in [2.24, 2.45) is 0 Å². The van der Waals surface area contributed by atoms with Crippen LogP contribution in [-0.2, 0) is 0 Å². The Labute approximate surface area is 73.0 Å². The van der Waals surface area contributed by atoms with Crippen LogP contribution >= 0.6 is 0 Å². The largest absolute Gasteiger partial charge is 0.409 e. The average molecular weight is 191 g/mol. The lowest BCUT2D eigenvalue weighted by Gasteiger charge is -2.17. The third kappa shape index (κ3) is 2.38. The molecule has 1 rings (SSSR count). The van der Waals surface area contributed by atoms with Crippen LogP contribution in [0.3, 0.4) is 0 Å². The van der Waals surface area contributed by atoms with Gasteiger partial charge >= 0.3 is 6.18 Å². The van der Waals surface area contributed by atoms with Crippen LogP contribution in [0.15, 0.2) is 18.6 Å². The Morgan fingerprint density at radius 3 is 2.46 bits per heavy atom. The van der Waals surface area contributed by atoms with E-state index in [0.29, 0.717) is 0 Å². The number of rotatable bonds is 2. The first kappa shape index (κ1) is 9.91. The number of hydrogen-bond donors (Lipinski definition) is 1. The third-order valence-electron chi connectivity index (χ3n) is 1.49. The number of halogens is 3. The van der Waals surface area contributed by atoms with E-state index in [-0.39, 0.29) is 5.69 Å². The second kappa shape index (κ2) is 3.69. The molecule has 1 N–H and O–H groups in total. The highest BCUT2D eigenvalue weighted by Gasteiger charge is 2.40. The van der Waals surface area contributed by atoms with Gasteiger partial charge in [0, 0.05) is 12.4 Å². The number of nitrogens with one attached hydrogen (secondary N) is 1. The summed E-state index contributed by atoms with van der Waals surface area (Å²) in [7, 11) is 1.23. The Hall–Kier alpha value is -1.17. The predicted molar refractivity (Wildman–Crippen MR) is 39.9 cm³/mol. The quantitative estimate of drug-likeness (QED) is 0.765. The van der Waals surface area contributed by atoms with Crippen molar-refractivity contribution in [3.05, 3.63) is 24.3 Å². The lowest BCUT2D eigenvalue weighted by atomic mass is 10.2. The molecule has 0 aliphatic rings. The Kier molecular flexibility index (Phi) is 2.82. The fourth-order valence-electron chi connectivity index (χ4n) is 0.939. The average Bonchev–Trinajstić information content (AvgIpc) is 2.05. The summed E-state index contributed by atoms with van der Waals surface area (Å²) in [5, 5.41) is 2.13. The fraction of sp³-hybridized carbons (Fsp3) is 0.429. The van der Waals surface area contributed by atoms with Gasteiger partial charge in [-0.15, -0.1) is 0 Å². The minimum absolute atomic E-state index is 0.127. The molecule has 1 aromatic heterocycles. The SMILES string of the molecule is CNC(c1cnccn1)C(F)(F)F. The summed E-state index contributed by atoms with van der Waals surface area (Å²) < 4.78 is 36.8. The Bertz CT molecular complexity index is 259. The Morgan fingerprint density at radius 1 is 1.38 bits per heavy atom. The van der Waals surface area contributed by atoms with Crippen molar-refractivity contribution < 1.29 is 13.2 Å². The van der Waals surface area contributed by atoms with Crippen LogP contribution in [0.2, 0.25) is 0 Å². The molecule has 72 valence electrons. The predicted octanol–water partition coefficient (Wildman–Crippen LogP) is 1.30. The number of hydrogen-bond acceptors (Lipinski definition) is 3. The van der Waals surface area contributed by atoms with E-state index in [1.807, 2.05) is 0 Å². The Morgan fingerprint density at radius 2 is 2.08 bits per heavy atom. The molecule has 0 aliphatic carbocycles. The van der Waals surface area contributed by atoms with Crippen molar-refractivity contribution >= 4 is 0 Å². The molecule has 1 aromatic rings. The van der Waals surface area contributed by atoms with Crippen LogP contribution in [0.5, 0.6) is 0 Å². The van der Waals surface area contributed by atoms with E-state index in [1.165, 1.54) is 19.4 Å². The molecule has 0 bridgehead atoms. The van der Waals surface area contributed by atoms with Crippen molar-refractivity contribution in [1.82, 2.24) is 15.3 Å². The second-order valence-corrected chi connectivity index (χ2v) is 2.39. The van der Waals surface area contributed by atoms with Crippen LogP contribution < -0.4 is 5.32 Å². The van der Waals surface area contributed by atoms with Gasteiger partial charge in [-0.1, -0.05) is 0 Å². The van der Waals surface area contributed by atoms with E-state index >= 15 is 0 Å². The lowest BCUT2D eigenvalue weighted by molar-refractivity contribution is -0.157. The standard InChI is InChI=1S/C7H8F3N3/c1-11-6(7(8,9)10)5-4-12-2-3-13-5/h2-4,6,11H,1H3. The first-order valence-electron chi connectivity index (χ1n) is 3.55. The molecule has 0 amide bonds. The molecule has 0 radical (unpaired) electrons. The molecule has 6 heteroatoms. The molecular weight excluding hydrogens is 183 g/mol. The molecule has 13 heavy (non-hydrogen) atoms. The van der Waals surface area contributed by atoms with Gasteiger partial charge < -0.3 is 5.32 Å². The summed E-state index contributed by atoms with van der Waals surface area (Å²) in [6.45, 7) is 0. The monoisotopic (exact) mass is 191 g/mol. The van der Waals surface area contributed by atoms with E-state index in [9.17, 15) is 13.2 Å². The highest BCUT2D eigenvalue weighted by Crippen LogP contribution is 2.30. The van der Waals surface area contributed by atoms with Crippen LogP contribution in [-0.4, -0.2) is 23.2 Å². The van der Waals surface area contributed by atoms with Gasteiger partial charge in [0.05, 0.1) is 11.9 Å². The molecule has 0 aromatic carbocycles. The summed E-state index contributed by atoms with van der Waals surface area (Å²) >= 11 is 0. The highest BCUT2D eigenvalue weighted by atomic mass is 19.4. The normalized spacial score (nSPS) is 14.2. The molecule has 1 heterocycles. The van der Waals surface area contributed by atoms with Crippen molar-refractivity contribution in [3.63, 3.8) is 0 Å². The molecular formula is C7H8F3N3. The zero-order valence-electron chi connectivity index (χ0n) is 6.84. The minimum Gasteiger partial charge on any atom is -0.304 e. The van der Waals surface area contributed by atoms with Crippen molar-refractivity contribution in [2.45, 2.75) is 12.2 Å². The molecule has 1 atom stereocenters. The van der Waals surface area contributed by atoms with E-state index in [0.717, 1.165) is 6.20 Å². The number of alkyl halides is 3. The van der Waals surface area contributed by atoms with Gasteiger partial charge in [0.25, 0.3) is 0 Å². The van der Waals surface area contributed by atoms with Gasteiger partial charge in [0.1, 0.15) is 6.04 Å². The van der Waals surface area contributed by atoms with Gasteiger partial charge in [-0.25, -0.2) is 0 Å². The van der Waals surface area contributed by atoms with Crippen molar-refractivity contribution in [1.29, 1.82) is 0 Å². The van der Waals surface area contributed by atoms with Gasteiger partial charge in [0.15, 0.2) is 0 Å². The molecule has 0 aliphatic heterocycles. The van der Waals surface area contributed by atoms with E-state index < -0.39 is 12.2 Å². The topological polar surface area (TPSA) is 37.8 Å². The van der Waals surface area contributed by atoms with Gasteiger partial charge in [-0.2, -0.15) is 13.2 Å². The highest BCUT2D eigenvalue weighted by molar-refractivity contribution is 5.04. The zero-order chi connectivity index (χ0) is 9.90. The van der Waals surface area contributed by atoms with Gasteiger partial charge in [0.2, 0.25) is 0 Å². The molecule has 3 nitrogen and oxygen atoms in total. The Balaban J connectivity index is 2.92. The fourth-order valence-corrected chi connectivity index (χ4v) is 0.939. The minimum atomic E-state index is -4.34. The van der Waals surface area contributed by atoms with Crippen LogP contribution in [0.1, 0.15) is 11.7 Å². The lowest BCUT2D eigenvalue weighted by Crippen LogP contribution is -2.32. The van der Waals surface area contributed by atoms with Crippen LogP contribution in [0, 0.1) is 0 Å². The molecule has 1 unspecified atom stereocenters. The number of nitrogens with zero attached hydrogens (tertiary/aromatic N) is 2.